The van der Waals surface area contributed by atoms with Gasteiger partial charge in [0.2, 0.25) is 11.8 Å². The fraction of sp³-hybridized carbons (Fsp3) is 0.308. The SMILES string of the molecule is CC(C(=O)NCC(=O)NCC(=O)O)c1ccccc1. The van der Waals surface area contributed by atoms with Gasteiger partial charge in [0.15, 0.2) is 0 Å². The minimum absolute atomic E-state index is 0.233. The van der Waals surface area contributed by atoms with Gasteiger partial charge in [0.1, 0.15) is 6.54 Å². The van der Waals surface area contributed by atoms with Crippen LogP contribution in [0.2, 0.25) is 0 Å². The van der Waals surface area contributed by atoms with Crippen LogP contribution >= 0.6 is 0 Å². The topological polar surface area (TPSA) is 95.5 Å². The minimum Gasteiger partial charge on any atom is -0.480 e. The second-order valence-electron chi connectivity index (χ2n) is 4.02. The number of rotatable bonds is 6. The molecule has 0 saturated carbocycles. The maximum atomic E-state index is 11.8. The van der Waals surface area contributed by atoms with Gasteiger partial charge >= 0.3 is 5.97 Å². The molecule has 3 N–H and O–H groups in total. The molecule has 102 valence electrons. The highest BCUT2D eigenvalue weighted by Crippen LogP contribution is 2.13. The van der Waals surface area contributed by atoms with Gasteiger partial charge in [-0.05, 0) is 12.5 Å². The molecule has 0 aromatic heterocycles. The summed E-state index contributed by atoms with van der Waals surface area (Å²) in [6.45, 7) is 1.05. The summed E-state index contributed by atoms with van der Waals surface area (Å²) in [5.74, 6) is -2.31. The lowest BCUT2D eigenvalue weighted by Crippen LogP contribution is -2.40. The first-order valence-electron chi connectivity index (χ1n) is 5.82. The fourth-order valence-electron chi connectivity index (χ4n) is 1.45. The van der Waals surface area contributed by atoms with Crippen molar-refractivity contribution >= 4 is 17.8 Å². The molecule has 1 aromatic rings. The van der Waals surface area contributed by atoms with Gasteiger partial charge < -0.3 is 15.7 Å². The smallest absolute Gasteiger partial charge is 0.322 e. The number of hydrogen-bond donors (Lipinski definition) is 3. The van der Waals surface area contributed by atoms with E-state index in [9.17, 15) is 14.4 Å². The Labute approximate surface area is 110 Å². The molecule has 0 fully saturated rings. The predicted molar refractivity (Wildman–Crippen MR) is 68.5 cm³/mol. The van der Waals surface area contributed by atoms with Crippen molar-refractivity contribution in [1.29, 1.82) is 0 Å². The third-order valence-electron chi connectivity index (χ3n) is 2.55. The average molecular weight is 264 g/mol. The number of aliphatic carboxylic acids is 1. The lowest BCUT2D eigenvalue weighted by molar-refractivity contribution is -0.137. The van der Waals surface area contributed by atoms with Gasteiger partial charge in [0.25, 0.3) is 0 Å². The summed E-state index contributed by atoms with van der Waals surface area (Å²) < 4.78 is 0. The van der Waals surface area contributed by atoms with E-state index in [0.717, 1.165) is 5.56 Å². The number of benzene rings is 1. The average Bonchev–Trinajstić information content (AvgIpc) is 2.42. The van der Waals surface area contributed by atoms with Crippen LogP contribution in [-0.2, 0) is 14.4 Å². The zero-order chi connectivity index (χ0) is 14.3. The first-order chi connectivity index (χ1) is 9.00. The van der Waals surface area contributed by atoms with E-state index in [1.165, 1.54) is 0 Å². The lowest BCUT2D eigenvalue weighted by Gasteiger charge is -2.12. The van der Waals surface area contributed by atoms with Crippen molar-refractivity contribution in [1.82, 2.24) is 10.6 Å². The number of carbonyl (C=O) groups excluding carboxylic acids is 2. The number of carbonyl (C=O) groups is 3. The number of nitrogens with one attached hydrogen (secondary N) is 2. The molecule has 19 heavy (non-hydrogen) atoms. The van der Waals surface area contributed by atoms with Crippen LogP contribution in [0, 0.1) is 0 Å². The zero-order valence-electron chi connectivity index (χ0n) is 10.6. The highest BCUT2D eigenvalue weighted by atomic mass is 16.4. The van der Waals surface area contributed by atoms with Gasteiger partial charge in [0, 0.05) is 0 Å². The molecular formula is C13H16N2O4. The van der Waals surface area contributed by atoms with E-state index >= 15 is 0 Å². The van der Waals surface area contributed by atoms with Crippen molar-refractivity contribution in [2.24, 2.45) is 0 Å². The van der Waals surface area contributed by atoms with Gasteiger partial charge in [-0.2, -0.15) is 0 Å². The standard InChI is InChI=1S/C13H16N2O4/c1-9(10-5-3-2-4-6-10)13(19)15-7-11(16)14-8-12(17)18/h2-6,9H,7-8H2,1H3,(H,14,16)(H,15,19)(H,17,18). The van der Waals surface area contributed by atoms with Crippen LogP contribution in [0.3, 0.4) is 0 Å². The van der Waals surface area contributed by atoms with Crippen molar-refractivity contribution in [3.8, 4) is 0 Å². The van der Waals surface area contributed by atoms with Gasteiger partial charge in [-0.25, -0.2) is 0 Å². The monoisotopic (exact) mass is 264 g/mol. The Balaban J connectivity index is 2.39. The van der Waals surface area contributed by atoms with Crippen molar-refractivity contribution in [3.05, 3.63) is 35.9 Å². The molecule has 0 heterocycles. The molecule has 1 atom stereocenters. The largest absolute Gasteiger partial charge is 0.480 e. The maximum absolute atomic E-state index is 11.8. The molecule has 1 unspecified atom stereocenters. The molecule has 0 radical (unpaired) electrons. The van der Waals surface area contributed by atoms with E-state index < -0.39 is 18.4 Å². The van der Waals surface area contributed by atoms with E-state index in [2.05, 4.69) is 10.6 Å². The molecule has 0 spiro atoms. The molecule has 0 saturated heterocycles. The Morgan fingerprint density at radius 3 is 2.32 bits per heavy atom. The van der Waals surface area contributed by atoms with Crippen LogP contribution < -0.4 is 10.6 Å². The Hall–Kier alpha value is -2.37. The summed E-state index contributed by atoms with van der Waals surface area (Å²) in [5.41, 5.74) is 0.853. The van der Waals surface area contributed by atoms with Crippen LogP contribution in [0.25, 0.3) is 0 Å². The summed E-state index contributed by atoms with van der Waals surface area (Å²) in [5, 5.41) is 13.0. The maximum Gasteiger partial charge on any atom is 0.322 e. The molecule has 0 aliphatic rings. The molecule has 2 amide bonds. The molecule has 0 bridgehead atoms. The highest BCUT2D eigenvalue weighted by molar-refractivity contribution is 5.89. The van der Waals surface area contributed by atoms with Crippen molar-refractivity contribution < 1.29 is 19.5 Å². The third kappa shape index (κ3) is 5.20. The highest BCUT2D eigenvalue weighted by Gasteiger charge is 2.15. The molecular weight excluding hydrogens is 248 g/mol. The predicted octanol–water partition coefficient (Wildman–Crippen LogP) is 0.107. The van der Waals surface area contributed by atoms with Crippen molar-refractivity contribution in [2.75, 3.05) is 13.1 Å². The normalized spacial score (nSPS) is 11.4. The van der Waals surface area contributed by atoms with Crippen molar-refractivity contribution in [2.45, 2.75) is 12.8 Å². The quantitative estimate of drug-likeness (QED) is 0.679. The first-order valence-corrected chi connectivity index (χ1v) is 5.82. The molecule has 6 nitrogen and oxygen atoms in total. The van der Waals surface area contributed by atoms with Gasteiger partial charge in [0.05, 0.1) is 12.5 Å². The Kier molecular flexibility index (Phi) is 5.53. The van der Waals surface area contributed by atoms with E-state index in [-0.39, 0.29) is 18.4 Å². The van der Waals surface area contributed by atoms with Crippen LogP contribution in [0.5, 0.6) is 0 Å². The summed E-state index contributed by atoms with van der Waals surface area (Å²) in [4.78, 5) is 33.2. The van der Waals surface area contributed by atoms with E-state index in [1.807, 2.05) is 30.3 Å². The second-order valence-corrected chi connectivity index (χ2v) is 4.02. The molecule has 1 rings (SSSR count). The minimum atomic E-state index is -1.13. The van der Waals surface area contributed by atoms with Gasteiger partial charge in [-0.15, -0.1) is 0 Å². The number of carboxylic acid groups (broad SMARTS) is 1. The van der Waals surface area contributed by atoms with E-state index in [0.29, 0.717) is 0 Å². The van der Waals surface area contributed by atoms with E-state index in [4.69, 9.17) is 5.11 Å². The number of amides is 2. The molecule has 0 aliphatic heterocycles. The lowest BCUT2D eigenvalue weighted by atomic mass is 10.0. The molecule has 1 aromatic carbocycles. The van der Waals surface area contributed by atoms with Crippen LogP contribution in [0.1, 0.15) is 18.4 Å². The molecule has 6 heteroatoms. The zero-order valence-corrected chi connectivity index (χ0v) is 10.6. The summed E-state index contributed by atoms with van der Waals surface area (Å²) in [6, 6.07) is 9.17. The fourth-order valence-corrected chi connectivity index (χ4v) is 1.45. The third-order valence-corrected chi connectivity index (χ3v) is 2.55. The van der Waals surface area contributed by atoms with Crippen LogP contribution in [0.15, 0.2) is 30.3 Å². The summed E-state index contributed by atoms with van der Waals surface area (Å²) in [7, 11) is 0. The summed E-state index contributed by atoms with van der Waals surface area (Å²) >= 11 is 0. The number of carboxylic acids is 1. The number of hydrogen-bond acceptors (Lipinski definition) is 3. The summed E-state index contributed by atoms with van der Waals surface area (Å²) in [6.07, 6.45) is 0. The first kappa shape index (κ1) is 14.7. The van der Waals surface area contributed by atoms with Crippen LogP contribution in [0.4, 0.5) is 0 Å². The van der Waals surface area contributed by atoms with E-state index in [1.54, 1.807) is 6.92 Å². The Morgan fingerprint density at radius 2 is 1.74 bits per heavy atom. The van der Waals surface area contributed by atoms with Crippen LogP contribution in [-0.4, -0.2) is 36.0 Å². The van der Waals surface area contributed by atoms with Crippen molar-refractivity contribution in [3.63, 3.8) is 0 Å². The van der Waals surface area contributed by atoms with Gasteiger partial charge in [-0.3, -0.25) is 14.4 Å². The second kappa shape index (κ2) is 7.15. The molecule has 0 aliphatic carbocycles. The Morgan fingerprint density at radius 1 is 1.11 bits per heavy atom. The Bertz CT molecular complexity index is 459. The van der Waals surface area contributed by atoms with Gasteiger partial charge in [-0.1, -0.05) is 30.3 Å².